The molecular formula is C24H17N3O3. The van der Waals surface area contributed by atoms with E-state index in [1.165, 1.54) is 6.07 Å². The van der Waals surface area contributed by atoms with E-state index in [2.05, 4.69) is 5.32 Å². The molecule has 5 rings (SSSR count). The van der Waals surface area contributed by atoms with Crippen LogP contribution in [0.15, 0.2) is 72.8 Å². The smallest absolute Gasteiger partial charge is 0.335 e. The number of nitrogen functional groups attached to an aromatic ring is 1. The van der Waals surface area contributed by atoms with Gasteiger partial charge < -0.3 is 16.2 Å². The zero-order valence-corrected chi connectivity index (χ0v) is 15.8. The molecule has 0 saturated carbocycles. The quantitative estimate of drug-likeness (QED) is 0.449. The van der Waals surface area contributed by atoms with E-state index in [9.17, 15) is 14.7 Å². The SMILES string of the molecule is Nc1cc(C(=O)O)cc(-c2ccc3c(c2)C(c2ccc4ccccc4n2)C(=O)N3)c1. The Bertz CT molecular complexity index is 1350. The van der Waals surface area contributed by atoms with Gasteiger partial charge in [-0.1, -0.05) is 30.3 Å². The molecule has 6 heteroatoms. The van der Waals surface area contributed by atoms with Crippen molar-refractivity contribution in [2.75, 3.05) is 11.1 Å². The molecule has 1 amide bonds. The number of pyridine rings is 1. The number of para-hydroxylation sites is 1. The van der Waals surface area contributed by atoms with Crippen molar-refractivity contribution in [3.63, 3.8) is 0 Å². The summed E-state index contributed by atoms with van der Waals surface area (Å²) in [6.07, 6.45) is 0. The van der Waals surface area contributed by atoms with Gasteiger partial charge in [-0.3, -0.25) is 9.78 Å². The number of fused-ring (bicyclic) bond motifs is 2. The van der Waals surface area contributed by atoms with Gasteiger partial charge in [0.25, 0.3) is 0 Å². The van der Waals surface area contributed by atoms with Crippen LogP contribution < -0.4 is 11.1 Å². The predicted molar refractivity (Wildman–Crippen MR) is 115 cm³/mol. The Morgan fingerprint density at radius 1 is 0.967 bits per heavy atom. The van der Waals surface area contributed by atoms with Crippen LogP contribution in [0.5, 0.6) is 0 Å². The summed E-state index contributed by atoms with van der Waals surface area (Å²) in [4.78, 5) is 28.9. The van der Waals surface area contributed by atoms with Gasteiger partial charge in [-0.2, -0.15) is 0 Å². The monoisotopic (exact) mass is 395 g/mol. The number of aromatic nitrogens is 1. The molecule has 146 valence electrons. The van der Waals surface area contributed by atoms with Crippen LogP contribution in [0.4, 0.5) is 11.4 Å². The van der Waals surface area contributed by atoms with Crippen LogP contribution in [0.1, 0.15) is 27.5 Å². The minimum Gasteiger partial charge on any atom is -0.478 e. The van der Waals surface area contributed by atoms with Crippen molar-refractivity contribution >= 4 is 34.2 Å². The maximum Gasteiger partial charge on any atom is 0.335 e. The summed E-state index contributed by atoms with van der Waals surface area (Å²) in [5.41, 5.74) is 10.9. The average molecular weight is 395 g/mol. The number of carboxylic acid groups (broad SMARTS) is 1. The van der Waals surface area contributed by atoms with Gasteiger partial charge in [0, 0.05) is 16.8 Å². The van der Waals surface area contributed by atoms with E-state index in [1.54, 1.807) is 12.1 Å². The van der Waals surface area contributed by atoms with E-state index < -0.39 is 11.9 Å². The average Bonchev–Trinajstić information content (AvgIpc) is 3.07. The molecule has 0 bridgehead atoms. The first kappa shape index (κ1) is 17.9. The number of hydrogen-bond donors (Lipinski definition) is 3. The van der Waals surface area contributed by atoms with Crippen molar-refractivity contribution in [3.8, 4) is 11.1 Å². The number of nitrogens with one attached hydrogen (secondary N) is 1. The molecule has 1 aromatic heterocycles. The number of benzene rings is 3. The minimum absolute atomic E-state index is 0.118. The third-order valence-electron chi connectivity index (χ3n) is 5.33. The van der Waals surface area contributed by atoms with Crippen LogP contribution in [0.2, 0.25) is 0 Å². The van der Waals surface area contributed by atoms with Crippen LogP contribution in [0.25, 0.3) is 22.0 Å². The van der Waals surface area contributed by atoms with Gasteiger partial charge in [-0.05, 0) is 59.2 Å². The van der Waals surface area contributed by atoms with Crippen LogP contribution in [0, 0.1) is 0 Å². The molecule has 4 N–H and O–H groups in total. The third-order valence-corrected chi connectivity index (χ3v) is 5.33. The molecule has 0 spiro atoms. The van der Waals surface area contributed by atoms with Gasteiger partial charge in [-0.15, -0.1) is 0 Å². The molecular weight excluding hydrogens is 378 g/mol. The van der Waals surface area contributed by atoms with Crippen molar-refractivity contribution in [3.05, 3.63) is 89.6 Å². The Hall–Kier alpha value is -4.19. The lowest BCUT2D eigenvalue weighted by Crippen LogP contribution is -2.14. The number of rotatable bonds is 3. The standard InChI is InChI=1S/C24H17N3O3/c25-17-10-15(9-16(11-17)24(29)30)14-6-7-20-18(12-14)22(23(28)27-20)21-8-5-13-3-1-2-4-19(13)26-21/h1-12,22H,25H2,(H,27,28)(H,29,30). The second-order valence-corrected chi connectivity index (χ2v) is 7.30. The maximum absolute atomic E-state index is 12.8. The second kappa shape index (κ2) is 6.70. The van der Waals surface area contributed by atoms with Crippen LogP contribution in [-0.2, 0) is 4.79 Å². The lowest BCUT2D eigenvalue weighted by Gasteiger charge is -2.12. The zero-order chi connectivity index (χ0) is 20.8. The lowest BCUT2D eigenvalue weighted by molar-refractivity contribution is -0.116. The van der Waals surface area contributed by atoms with E-state index in [0.717, 1.165) is 27.7 Å². The first-order valence-electron chi connectivity index (χ1n) is 9.44. The summed E-state index contributed by atoms with van der Waals surface area (Å²) in [6, 6.07) is 21.9. The highest BCUT2D eigenvalue weighted by atomic mass is 16.4. The van der Waals surface area contributed by atoms with Crippen molar-refractivity contribution in [1.82, 2.24) is 4.98 Å². The van der Waals surface area contributed by atoms with Gasteiger partial charge in [0.1, 0.15) is 5.92 Å². The van der Waals surface area contributed by atoms with Gasteiger partial charge in [0.05, 0.1) is 16.8 Å². The highest BCUT2D eigenvalue weighted by molar-refractivity contribution is 6.05. The second-order valence-electron chi connectivity index (χ2n) is 7.30. The summed E-state index contributed by atoms with van der Waals surface area (Å²) in [5.74, 6) is -1.71. The fourth-order valence-electron chi connectivity index (χ4n) is 3.92. The largest absolute Gasteiger partial charge is 0.478 e. The molecule has 2 heterocycles. The van der Waals surface area contributed by atoms with Crippen molar-refractivity contribution in [2.45, 2.75) is 5.92 Å². The summed E-state index contributed by atoms with van der Waals surface area (Å²) in [7, 11) is 0. The number of nitrogens with zero attached hydrogens (tertiary/aromatic N) is 1. The summed E-state index contributed by atoms with van der Waals surface area (Å²) in [6.45, 7) is 0. The zero-order valence-electron chi connectivity index (χ0n) is 15.8. The number of amides is 1. The molecule has 0 saturated heterocycles. The van der Waals surface area contributed by atoms with E-state index >= 15 is 0 Å². The van der Waals surface area contributed by atoms with Crippen LogP contribution in [-0.4, -0.2) is 22.0 Å². The molecule has 1 aliphatic rings. The fraction of sp³-hybridized carbons (Fsp3) is 0.0417. The summed E-state index contributed by atoms with van der Waals surface area (Å²) < 4.78 is 0. The predicted octanol–water partition coefficient (Wildman–Crippen LogP) is 4.27. The van der Waals surface area contributed by atoms with E-state index in [-0.39, 0.29) is 11.5 Å². The third kappa shape index (κ3) is 2.95. The van der Waals surface area contributed by atoms with Crippen molar-refractivity contribution in [1.29, 1.82) is 0 Å². The number of aromatic carboxylic acids is 1. The van der Waals surface area contributed by atoms with Crippen molar-refractivity contribution in [2.24, 2.45) is 0 Å². The Morgan fingerprint density at radius 3 is 2.63 bits per heavy atom. The Morgan fingerprint density at radius 2 is 1.80 bits per heavy atom. The fourth-order valence-corrected chi connectivity index (χ4v) is 3.92. The number of carbonyl (C=O) groups excluding carboxylic acids is 1. The number of hydrogen-bond acceptors (Lipinski definition) is 4. The summed E-state index contributed by atoms with van der Waals surface area (Å²) >= 11 is 0. The normalized spacial score (nSPS) is 15.1. The number of anilines is 2. The molecule has 6 nitrogen and oxygen atoms in total. The first-order valence-corrected chi connectivity index (χ1v) is 9.44. The first-order chi connectivity index (χ1) is 14.5. The molecule has 4 aromatic rings. The molecule has 0 radical (unpaired) electrons. The van der Waals surface area contributed by atoms with E-state index in [0.29, 0.717) is 16.9 Å². The van der Waals surface area contributed by atoms with E-state index in [1.807, 2.05) is 54.6 Å². The summed E-state index contributed by atoms with van der Waals surface area (Å²) in [5, 5.41) is 13.3. The number of carboxylic acids is 1. The van der Waals surface area contributed by atoms with Gasteiger partial charge in [0.2, 0.25) is 5.91 Å². The molecule has 30 heavy (non-hydrogen) atoms. The highest BCUT2D eigenvalue weighted by Gasteiger charge is 2.33. The van der Waals surface area contributed by atoms with Crippen LogP contribution in [0.3, 0.4) is 0 Å². The molecule has 0 aliphatic carbocycles. The topological polar surface area (TPSA) is 105 Å². The van der Waals surface area contributed by atoms with Crippen molar-refractivity contribution < 1.29 is 14.7 Å². The Kier molecular flexibility index (Phi) is 3.99. The number of carbonyl (C=O) groups is 2. The molecule has 1 unspecified atom stereocenters. The Balaban J connectivity index is 1.62. The minimum atomic E-state index is -1.04. The molecule has 1 aliphatic heterocycles. The molecule has 1 atom stereocenters. The van der Waals surface area contributed by atoms with Gasteiger partial charge >= 0.3 is 5.97 Å². The van der Waals surface area contributed by atoms with E-state index in [4.69, 9.17) is 10.7 Å². The highest BCUT2D eigenvalue weighted by Crippen LogP contribution is 2.39. The van der Waals surface area contributed by atoms with Gasteiger partial charge in [0.15, 0.2) is 0 Å². The molecule has 0 fully saturated rings. The van der Waals surface area contributed by atoms with Gasteiger partial charge in [-0.25, -0.2) is 4.79 Å². The number of nitrogens with two attached hydrogens (primary N) is 1. The molecule has 3 aromatic carbocycles. The Labute approximate surface area is 172 Å². The van der Waals surface area contributed by atoms with Crippen LogP contribution >= 0.6 is 0 Å². The lowest BCUT2D eigenvalue weighted by atomic mass is 9.92. The maximum atomic E-state index is 12.8.